The molecule has 4 aromatic rings. The molecule has 1 aliphatic heterocycles. The molecule has 0 radical (unpaired) electrons. The Morgan fingerprint density at radius 3 is 2.46 bits per heavy atom. The molecule has 2 aromatic carbocycles. The van der Waals surface area contributed by atoms with Crippen LogP contribution in [0.4, 0.5) is 5.82 Å². The first kappa shape index (κ1) is 27.4. The van der Waals surface area contributed by atoms with Crippen molar-refractivity contribution in [2.75, 3.05) is 24.6 Å². The molecule has 3 heterocycles. The van der Waals surface area contributed by atoms with Gasteiger partial charge >= 0.3 is 0 Å². The van der Waals surface area contributed by atoms with Gasteiger partial charge in [-0.05, 0) is 70.0 Å². The molecule has 0 saturated carbocycles. The van der Waals surface area contributed by atoms with Crippen molar-refractivity contribution in [1.82, 2.24) is 24.8 Å². The van der Waals surface area contributed by atoms with Gasteiger partial charge in [0.05, 0.1) is 17.2 Å². The number of halogens is 2. The molecule has 0 atom stereocenters. The lowest BCUT2D eigenvalue weighted by Gasteiger charge is -2.33. The number of carbonyl (C=O) groups is 1. The minimum atomic E-state index is -0.249. The summed E-state index contributed by atoms with van der Waals surface area (Å²) < 4.78 is 7.68. The lowest BCUT2D eigenvalue weighted by molar-refractivity contribution is -0.124. The number of hydrogen-bond acceptors (Lipinski definition) is 6. The normalized spacial score (nSPS) is 14.6. The zero-order chi connectivity index (χ0) is 27.6. The highest BCUT2D eigenvalue weighted by atomic mass is 35.5. The summed E-state index contributed by atoms with van der Waals surface area (Å²) in [6.45, 7) is 7.86. The van der Waals surface area contributed by atoms with Crippen molar-refractivity contribution in [3.8, 4) is 17.1 Å². The molecule has 0 bridgehead atoms. The Bertz CT molecular complexity index is 1460. The maximum atomic E-state index is 12.4. The zero-order valence-corrected chi connectivity index (χ0v) is 23.8. The van der Waals surface area contributed by atoms with E-state index in [2.05, 4.69) is 20.2 Å². The second-order valence-corrected chi connectivity index (χ2v) is 11.5. The SMILES string of the molecule is CC(C)(C)OCCC(=O)NC1CCN(c2ncnc3c2nc(-c2ccccc2Cl)n3-c2ccc(Cl)cc2)CC1. The molecule has 0 aliphatic carbocycles. The van der Waals surface area contributed by atoms with E-state index >= 15 is 0 Å². The molecule has 1 saturated heterocycles. The lowest BCUT2D eigenvalue weighted by atomic mass is 10.0. The van der Waals surface area contributed by atoms with E-state index in [0.29, 0.717) is 40.1 Å². The summed E-state index contributed by atoms with van der Waals surface area (Å²) in [5, 5.41) is 4.40. The summed E-state index contributed by atoms with van der Waals surface area (Å²) in [5.41, 5.74) is 2.81. The van der Waals surface area contributed by atoms with Gasteiger partial charge in [-0.15, -0.1) is 0 Å². The molecule has 1 N–H and O–H groups in total. The average molecular weight is 568 g/mol. The van der Waals surface area contributed by atoms with Gasteiger partial charge < -0.3 is 15.0 Å². The number of ether oxygens (including phenoxy) is 1. The molecule has 0 unspecified atom stereocenters. The van der Waals surface area contributed by atoms with E-state index in [1.165, 1.54) is 0 Å². The number of imidazole rings is 1. The number of hydrogen-bond donors (Lipinski definition) is 1. The summed E-state index contributed by atoms with van der Waals surface area (Å²) >= 11 is 12.8. The van der Waals surface area contributed by atoms with Crippen molar-refractivity contribution in [3.63, 3.8) is 0 Å². The van der Waals surface area contributed by atoms with Crippen molar-refractivity contribution in [3.05, 3.63) is 64.9 Å². The highest BCUT2D eigenvalue weighted by Gasteiger charge is 2.26. The first-order valence-electron chi connectivity index (χ1n) is 13.1. The van der Waals surface area contributed by atoms with E-state index in [-0.39, 0.29) is 17.6 Å². The predicted molar refractivity (Wildman–Crippen MR) is 156 cm³/mol. The van der Waals surface area contributed by atoms with Gasteiger partial charge in [0.15, 0.2) is 17.0 Å². The van der Waals surface area contributed by atoms with Gasteiger partial charge in [-0.1, -0.05) is 35.3 Å². The molecular weight excluding hydrogens is 535 g/mol. The summed E-state index contributed by atoms with van der Waals surface area (Å²) in [5.74, 6) is 1.47. The highest BCUT2D eigenvalue weighted by molar-refractivity contribution is 6.33. The van der Waals surface area contributed by atoms with Gasteiger partial charge in [0.1, 0.15) is 12.2 Å². The fourth-order valence-corrected chi connectivity index (χ4v) is 5.10. The van der Waals surface area contributed by atoms with E-state index in [0.717, 1.165) is 43.0 Å². The van der Waals surface area contributed by atoms with Gasteiger partial charge in [-0.3, -0.25) is 9.36 Å². The number of amides is 1. The van der Waals surface area contributed by atoms with Crippen molar-refractivity contribution >= 4 is 46.1 Å². The van der Waals surface area contributed by atoms with Crippen LogP contribution >= 0.6 is 23.2 Å². The van der Waals surface area contributed by atoms with Crippen molar-refractivity contribution < 1.29 is 9.53 Å². The van der Waals surface area contributed by atoms with E-state index in [4.69, 9.17) is 32.9 Å². The standard InChI is InChI=1S/C29H32Cl2N6O2/c1-29(2,3)39-17-14-24(38)34-20-12-15-36(16-13-20)27-25-28(33-18-32-27)37(21-10-8-19(30)9-11-21)26(35-25)22-6-4-5-7-23(22)31/h4-11,18,20H,12-17H2,1-3H3,(H,34,38). The Kier molecular flexibility index (Phi) is 8.07. The number of nitrogens with zero attached hydrogens (tertiary/aromatic N) is 5. The van der Waals surface area contributed by atoms with Crippen LogP contribution in [0.15, 0.2) is 54.9 Å². The number of aromatic nitrogens is 4. The smallest absolute Gasteiger partial charge is 0.222 e. The molecule has 2 aromatic heterocycles. The topological polar surface area (TPSA) is 85.2 Å². The van der Waals surface area contributed by atoms with Gasteiger partial charge in [0.25, 0.3) is 0 Å². The summed E-state index contributed by atoms with van der Waals surface area (Å²) in [6.07, 6.45) is 3.56. The molecule has 1 amide bonds. The van der Waals surface area contributed by atoms with Gasteiger partial charge in [0.2, 0.25) is 5.91 Å². The van der Waals surface area contributed by atoms with Crippen LogP contribution in [0.3, 0.4) is 0 Å². The number of nitrogens with one attached hydrogen (secondary N) is 1. The molecule has 5 rings (SSSR count). The van der Waals surface area contributed by atoms with Crippen LogP contribution in [-0.4, -0.2) is 56.8 Å². The monoisotopic (exact) mass is 566 g/mol. The second kappa shape index (κ2) is 11.5. The number of anilines is 1. The van der Waals surface area contributed by atoms with Gasteiger partial charge in [-0.25, -0.2) is 15.0 Å². The molecule has 10 heteroatoms. The lowest BCUT2D eigenvalue weighted by Crippen LogP contribution is -2.45. The van der Waals surface area contributed by atoms with Crippen LogP contribution < -0.4 is 10.2 Å². The molecular formula is C29H32Cl2N6O2. The van der Waals surface area contributed by atoms with E-state index in [1.54, 1.807) is 6.33 Å². The van der Waals surface area contributed by atoms with E-state index in [1.807, 2.05) is 73.9 Å². The molecule has 0 spiro atoms. The maximum absolute atomic E-state index is 12.4. The third-order valence-corrected chi connectivity index (χ3v) is 7.23. The average Bonchev–Trinajstić information content (AvgIpc) is 3.29. The number of carbonyl (C=O) groups excluding carboxylic acids is 1. The number of piperidine rings is 1. The summed E-state index contributed by atoms with van der Waals surface area (Å²) in [7, 11) is 0. The third kappa shape index (κ3) is 6.35. The predicted octanol–water partition coefficient (Wildman–Crippen LogP) is 6.08. The molecule has 8 nitrogen and oxygen atoms in total. The zero-order valence-electron chi connectivity index (χ0n) is 22.3. The highest BCUT2D eigenvalue weighted by Crippen LogP contribution is 2.35. The Labute approximate surface area is 238 Å². The van der Waals surface area contributed by atoms with Crippen LogP contribution in [-0.2, 0) is 9.53 Å². The Morgan fingerprint density at radius 2 is 1.77 bits per heavy atom. The minimum absolute atomic E-state index is 0.0215. The fraction of sp³-hybridized carbons (Fsp3) is 0.379. The van der Waals surface area contributed by atoms with Crippen LogP contribution in [0.25, 0.3) is 28.2 Å². The Morgan fingerprint density at radius 1 is 1.05 bits per heavy atom. The summed E-state index contributed by atoms with van der Waals surface area (Å²) in [4.78, 5) is 28.9. The largest absolute Gasteiger partial charge is 0.375 e. The first-order chi connectivity index (χ1) is 18.7. The number of rotatable bonds is 7. The Balaban J connectivity index is 1.39. The molecule has 39 heavy (non-hydrogen) atoms. The minimum Gasteiger partial charge on any atom is -0.375 e. The summed E-state index contributed by atoms with van der Waals surface area (Å²) in [6, 6.07) is 15.3. The van der Waals surface area contributed by atoms with E-state index < -0.39 is 0 Å². The molecule has 1 aliphatic rings. The van der Waals surface area contributed by atoms with Crippen molar-refractivity contribution in [2.24, 2.45) is 0 Å². The Hall–Kier alpha value is -3.20. The fourth-order valence-electron chi connectivity index (χ4n) is 4.76. The van der Waals surface area contributed by atoms with Gasteiger partial charge in [-0.2, -0.15) is 0 Å². The third-order valence-electron chi connectivity index (χ3n) is 6.65. The number of fused-ring (bicyclic) bond motifs is 1. The van der Waals surface area contributed by atoms with Gasteiger partial charge in [0, 0.05) is 41.8 Å². The first-order valence-corrected chi connectivity index (χ1v) is 13.9. The van der Waals surface area contributed by atoms with Crippen LogP contribution in [0, 0.1) is 0 Å². The van der Waals surface area contributed by atoms with Crippen molar-refractivity contribution in [2.45, 2.75) is 51.7 Å². The number of benzene rings is 2. The maximum Gasteiger partial charge on any atom is 0.222 e. The van der Waals surface area contributed by atoms with Crippen LogP contribution in [0.1, 0.15) is 40.0 Å². The van der Waals surface area contributed by atoms with Crippen LogP contribution in [0.5, 0.6) is 0 Å². The quantitative estimate of drug-likeness (QED) is 0.292. The molecule has 1 fully saturated rings. The van der Waals surface area contributed by atoms with E-state index in [9.17, 15) is 4.79 Å². The second-order valence-electron chi connectivity index (χ2n) is 10.6. The van der Waals surface area contributed by atoms with Crippen LogP contribution in [0.2, 0.25) is 10.0 Å². The molecule has 204 valence electrons. The van der Waals surface area contributed by atoms with Crippen molar-refractivity contribution in [1.29, 1.82) is 0 Å².